The summed E-state index contributed by atoms with van der Waals surface area (Å²) in [6.45, 7) is 6.94. The molecular weight excluding hydrogens is 417 g/mol. The fraction of sp³-hybridized carbons (Fsp3) is 0.611. The molecule has 1 unspecified atom stereocenters. The molecule has 1 aliphatic rings. The predicted octanol–water partition coefficient (Wildman–Crippen LogP) is 2.88. The predicted molar refractivity (Wildman–Crippen MR) is 109 cm³/mol. The van der Waals surface area contributed by atoms with Gasteiger partial charge in [-0.15, -0.1) is 24.0 Å². The topological polar surface area (TPSA) is 46.1 Å². The van der Waals surface area contributed by atoms with E-state index < -0.39 is 0 Å². The maximum absolute atomic E-state index is 5.44. The van der Waals surface area contributed by atoms with Gasteiger partial charge in [-0.2, -0.15) is 0 Å². The van der Waals surface area contributed by atoms with Crippen molar-refractivity contribution in [3.05, 3.63) is 35.4 Å². The molecule has 24 heavy (non-hydrogen) atoms. The lowest BCUT2D eigenvalue weighted by Crippen LogP contribution is -2.41. The minimum atomic E-state index is 0. The maximum atomic E-state index is 5.44. The molecule has 1 aromatic carbocycles. The largest absolute Gasteiger partial charge is 0.381 e. The molecule has 6 heteroatoms. The van der Waals surface area contributed by atoms with Crippen LogP contribution in [0.5, 0.6) is 0 Å². The second-order valence-corrected chi connectivity index (χ2v) is 5.96. The summed E-state index contributed by atoms with van der Waals surface area (Å²) in [5, 5.41) is 3.43. The quantitative estimate of drug-likeness (QED) is 0.397. The Hall–Kier alpha value is -0.860. The van der Waals surface area contributed by atoms with Crippen molar-refractivity contribution in [1.82, 2.24) is 10.2 Å². The fourth-order valence-corrected chi connectivity index (χ4v) is 2.74. The Morgan fingerprint density at radius 1 is 1.33 bits per heavy atom. The molecule has 0 radical (unpaired) electrons. The first-order valence-electron chi connectivity index (χ1n) is 8.38. The minimum Gasteiger partial charge on any atom is -0.381 e. The molecule has 1 N–H and O–H groups in total. The average Bonchev–Trinajstić information content (AvgIpc) is 3.07. The van der Waals surface area contributed by atoms with Gasteiger partial charge >= 0.3 is 0 Å². The lowest BCUT2D eigenvalue weighted by atomic mass is 10.1. The summed E-state index contributed by atoms with van der Waals surface area (Å²) in [6.07, 6.45) is 1.14. The van der Waals surface area contributed by atoms with E-state index in [1.165, 1.54) is 11.1 Å². The van der Waals surface area contributed by atoms with Crippen molar-refractivity contribution in [1.29, 1.82) is 0 Å². The molecule has 0 spiro atoms. The van der Waals surface area contributed by atoms with Gasteiger partial charge < -0.3 is 19.7 Å². The van der Waals surface area contributed by atoms with Gasteiger partial charge in [0.25, 0.3) is 0 Å². The number of rotatable bonds is 7. The molecule has 1 atom stereocenters. The van der Waals surface area contributed by atoms with Crippen LogP contribution >= 0.6 is 24.0 Å². The molecule has 0 aliphatic carbocycles. The number of nitrogens with zero attached hydrogens (tertiary/aromatic N) is 2. The summed E-state index contributed by atoms with van der Waals surface area (Å²) < 4.78 is 10.9. The summed E-state index contributed by atoms with van der Waals surface area (Å²) in [5.41, 5.74) is 2.45. The van der Waals surface area contributed by atoms with Gasteiger partial charge in [0.15, 0.2) is 5.96 Å². The first kappa shape index (κ1) is 21.2. The first-order chi connectivity index (χ1) is 11.2. The number of hydrogen-bond donors (Lipinski definition) is 1. The van der Waals surface area contributed by atoms with E-state index in [1.807, 2.05) is 14.0 Å². The number of benzene rings is 1. The monoisotopic (exact) mass is 447 g/mol. The van der Waals surface area contributed by atoms with Crippen LogP contribution in [0, 0.1) is 5.92 Å². The van der Waals surface area contributed by atoms with E-state index >= 15 is 0 Å². The summed E-state index contributed by atoms with van der Waals surface area (Å²) >= 11 is 0. The molecule has 1 aliphatic heterocycles. The van der Waals surface area contributed by atoms with Gasteiger partial charge in [0, 0.05) is 46.3 Å². The van der Waals surface area contributed by atoms with E-state index in [-0.39, 0.29) is 24.0 Å². The molecule has 2 rings (SSSR count). The van der Waals surface area contributed by atoms with Gasteiger partial charge in [0.2, 0.25) is 0 Å². The lowest BCUT2D eigenvalue weighted by Gasteiger charge is -2.24. The zero-order valence-corrected chi connectivity index (χ0v) is 17.3. The second kappa shape index (κ2) is 11.7. The van der Waals surface area contributed by atoms with Crippen molar-refractivity contribution in [3.8, 4) is 0 Å². The van der Waals surface area contributed by atoms with E-state index in [0.717, 1.165) is 45.3 Å². The highest BCUT2D eigenvalue weighted by Crippen LogP contribution is 2.13. The molecule has 0 amide bonds. The number of hydrogen-bond acceptors (Lipinski definition) is 3. The van der Waals surface area contributed by atoms with Crippen molar-refractivity contribution < 1.29 is 9.47 Å². The molecule has 5 nitrogen and oxygen atoms in total. The molecule has 0 bridgehead atoms. The van der Waals surface area contributed by atoms with Crippen molar-refractivity contribution in [2.75, 3.05) is 40.5 Å². The Labute approximate surface area is 162 Å². The number of guanidine groups is 1. The maximum Gasteiger partial charge on any atom is 0.193 e. The smallest absolute Gasteiger partial charge is 0.193 e. The van der Waals surface area contributed by atoms with E-state index in [2.05, 4.69) is 46.5 Å². The Morgan fingerprint density at radius 3 is 2.62 bits per heavy atom. The third-order valence-corrected chi connectivity index (χ3v) is 4.08. The standard InChI is InChI=1S/C18H29N3O2.HI/c1-4-22-13-16-7-5-15(6-8-16)11-20-18(19-2)21(3)12-17-9-10-23-14-17;/h5-8,17H,4,9-14H2,1-3H3,(H,19,20);1H. The first-order valence-corrected chi connectivity index (χ1v) is 8.38. The van der Waals surface area contributed by atoms with Crippen LogP contribution in [0.2, 0.25) is 0 Å². The highest BCUT2D eigenvalue weighted by Gasteiger charge is 2.18. The summed E-state index contributed by atoms with van der Waals surface area (Å²) in [5.74, 6) is 1.53. The fourth-order valence-electron chi connectivity index (χ4n) is 2.74. The van der Waals surface area contributed by atoms with Crippen molar-refractivity contribution in [2.24, 2.45) is 10.9 Å². The average molecular weight is 447 g/mol. The summed E-state index contributed by atoms with van der Waals surface area (Å²) in [4.78, 5) is 6.56. The van der Waals surface area contributed by atoms with Crippen LogP contribution in [-0.2, 0) is 22.6 Å². The Balaban J connectivity index is 0.00000288. The van der Waals surface area contributed by atoms with Crippen LogP contribution in [-0.4, -0.2) is 51.3 Å². The van der Waals surface area contributed by atoms with E-state index in [4.69, 9.17) is 9.47 Å². The summed E-state index contributed by atoms with van der Waals surface area (Å²) in [7, 11) is 3.91. The number of aliphatic imine (C=N–C) groups is 1. The third-order valence-electron chi connectivity index (χ3n) is 4.08. The van der Waals surface area contributed by atoms with Gasteiger partial charge in [0.05, 0.1) is 13.2 Å². The van der Waals surface area contributed by atoms with Crippen LogP contribution < -0.4 is 5.32 Å². The van der Waals surface area contributed by atoms with Gasteiger partial charge in [-0.05, 0) is 24.5 Å². The van der Waals surface area contributed by atoms with Crippen LogP contribution in [0.4, 0.5) is 0 Å². The molecule has 136 valence electrons. The van der Waals surface area contributed by atoms with Gasteiger partial charge in [0.1, 0.15) is 0 Å². The molecule has 1 saturated heterocycles. The number of halogens is 1. The van der Waals surface area contributed by atoms with Crippen LogP contribution in [0.15, 0.2) is 29.3 Å². The normalized spacial score (nSPS) is 17.5. The zero-order valence-electron chi connectivity index (χ0n) is 15.0. The van der Waals surface area contributed by atoms with E-state index in [9.17, 15) is 0 Å². The Bertz CT molecular complexity index is 488. The van der Waals surface area contributed by atoms with E-state index in [1.54, 1.807) is 0 Å². The highest BCUT2D eigenvalue weighted by atomic mass is 127. The van der Waals surface area contributed by atoms with Gasteiger partial charge in [-0.3, -0.25) is 4.99 Å². The van der Waals surface area contributed by atoms with Crippen molar-refractivity contribution >= 4 is 29.9 Å². The van der Waals surface area contributed by atoms with Crippen molar-refractivity contribution in [2.45, 2.75) is 26.5 Å². The highest BCUT2D eigenvalue weighted by molar-refractivity contribution is 14.0. The van der Waals surface area contributed by atoms with Gasteiger partial charge in [-0.1, -0.05) is 24.3 Å². The van der Waals surface area contributed by atoms with Gasteiger partial charge in [-0.25, -0.2) is 0 Å². The second-order valence-electron chi connectivity index (χ2n) is 5.96. The molecular formula is C18H30IN3O2. The molecule has 0 saturated carbocycles. The molecule has 1 aromatic rings. The number of ether oxygens (including phenoxy) is 2. The molecule has 1 fully saturated rings. The zero-order chi connectivity index (χ0) is 16.5. The molecule has 0 aromatic heterocycles. The lowest BCUT2D eigenvalue weighted by molar-refractivity contribution is 0.134. The van der Waals surface area contributed by atoms with Crippen LogP contribution in [0.25, 0.3) is 0 Å². The molecule has 1 heterocycles. The van der Waals surface area contributed by atoms with Crippen molar-refractivity contribution in [3.63, 3.8) is 0 Å². The minimum absolute atomic E-state index is 0. The van der Waals surface area contributed by atoms with Crippen LogP contribution in [0.1, 0.15) is 24.5 Å². The Morgan fingerprint density at radius 2 is 2.04 bits per heavy atom. The third kappa shape index (κ3) is 6.94. The SMILES string of the molecule is CCOCc1ccc(CNC(=NC)N(C)CC2CCOC2)cc1.I. The van der Waals surface area contributed by atoms with E-state index in [0.29, 0.717) is 12.5 Å². The Kier molecular flexibility index (Phi) is 10.3. The summed E-state index contributed by atoms with van der Waals surface area (Å²) in [6, 6.07) is 8.52. The number of nitrogens with one attached hydrogen (secondary N) is 1. The van der Waals surface area contributed by atoms with Crippen LogP contribution in [0.3, 0.4) is 0 Å².